The lowest BCUT2D eigenvalue weighted by Crippen LogP contribution is -2.47. The van der Waals surface area contributed by atoms with Crippen LogP contribution >= 0.6 is 0 Å². The molecule has 1 atom stereocenters. The van der Waals surface area contributed by atoms with Gasteiger partial charge in [0.25, 0.3) is 0 Å². The molecule has 2 N–H and O–H groups in total. The number of aliphatic imine (C=N–C) groups is 1. The number of hydrogen-bond donors (Lipinski definition) is 2. The van der Waals surface area contributed by atoms with Crippen molar-refractivity contribution in [3.05, 3.63) is 0 Å². The van der Waals surface area contributed by atoms with E-state index >= 15 is 0 Å². The fraction of sp³-hybridized carbons (Fsp3) is 0.950. The molecule has 0 aromatic heterocycles. The molecule has 1 aliphatic heterocycles. The van der Waals surface area contributed by atoms with Crippen LogP contribution in [0, 0.1) is 11.3 Å². The van der Waals surface area contributed by atoms with Crippen LogP contribution in [0.1, 0.15) is 39.5 Å². The van der Waals surface area contributed by atoms with Gasteiger partial charge in [0.1, 0.15) is 0 Å². The molecule has 1 aliphatic carbocycles. The van der Waals surface area contributed by atoms with E-state index in [2.05, 4.69) is 41.3 Å². The highest BCUT2D eigenvalue weighted by atomic mass is 16.5. The quantitative estimate of drug-likeness (QED) is 0.454. The third-order valence-corrected chi connectivity index (χ3v) is 5.95. The largest absolute Gasteiger partial charge is 0.385 e. The molecule has 6 nitrogen and oxygen atoms in total. The highest BCUT2D eigenvalue weighted by Crippen LogP contribution is 2.44. The van der Waals surface area contributed by atoms with Gasteiger partial charge in [0.2, 0.25) is 0 Å². The van der Waals surface area contributed by atoms with E-state index in [1.807, 2.05) is 0 Å². The zero-order chi connectivity index (χ0) is 18.8. The summed E-state index contributed by atoms with van der Waals surface area (Å²) < 4.78 is 5.30. The van der Waals surface area contributed by atoms with Gasteiger partial charge in [0.05, 0.1) is 0 Å². The molecule has 0 spiro atoms. The first-order valence-electron chi connectivity index (χ1n) is 10.5. The number of methoxy groups -OCH3 is 1. The molecular formula is C20H41N5O. The third-order valence-electron chi connectivity index (χ3n) is 5.95. The van der Waals surface area contributed by atoms with Crippen molar-refractivity contribution in [2.24, 2.45) is 16.3 Å². The maximum absolute atomic E-state index is 5.30. The van der Waals surface area contributed by atoms with Gasteiger partial charge in [-0.3, -0.25) is 4.99 Å². The highest BCUT2D eigenvalue weighted by molar-refractivity contribution is 5.79. The molecule has 1 saturated carbocycles. The minimum absolute atomic E-state index is 0.379. The van der Waals surface area contributed by atoms with E-state index in [1.54, 1.807) is 7.11 Å². The molecular weight excluding hydrogens is 326 g/mol. The van der Waals surface area contributed by atoms with Crippen molar-refractivity contribution in [1.82, 2.24) is 20.4 Å². The van der Waals surface area contributed by atoms with E-state index in [1.165, 1.54) is 45.4 Å². The van der Waals surface area contributed by atoms with Crippen molar-refractivity contribution in [3.63, 3.8) is 0 Å². The van der Waals surface area contributed by atoms with Gasteiger partial charge in [-0.1, -0.05) is 13.3 Å². The fourth-order valence-corrected chi connectivity index (χ4v) is 3.88. The van der Waals surface area contributed by atoms with Crippen LogP contribution < -0.4 is 10.6 Å². The average molecular weight is 368 g/mol. The molecule has 6 heteroatoms. The number of likely N-dealkylation sites (N-methyl/N-ethyl adjacent to an activating group) is 1. The fourth-order valence-electron chi connectivity index (χ4n) is 3.88. The van der Waals surface area contributed by atoms with Crippen molar-refractivity contribution < 1.29 is 4.74 Å². The lowest BCUT2D eigenvalue weighted by Gasteiger charge is -2.40. The Morgan fingerprint density at radius 1 is 1.19 bits per heavy atom. The van der Waals surface area contributed by atoms with Gasteiger partial charge in [-0.05, 0) is 44.6 Å². The van der Waals surface area contributed by atoms with Crippen LogP contribution in [0.3, 0.4) is 0 Å². The molecule has 0 aromatic rings. The second-order valence-electron chi connectivity index (χ2n) is 8.38. The number of hydrogen-bond acceptors (Lipinski definition) is 4. The Kier molecular flexibility index (Phi) is 9.16. The summed E-state index contributed by atoms with van der Waals surface area (Å²) in [5, 5.41) is 6.98. The summed E-state index contributed by atoms with van der Waals surface area (Å²) in [6, 6.07) is 0. The maximum atomic E-state index is 5.30. The molecule has 26 heavy (non-hydrogen) atoms. The van der Waals surface area contributed by atoms with E-state index in [-0.39, 0.29) is 0 Å². The number of piperazine rings is 1. The predicted molar refractivity (Wildman–Crippen MR) is 110 cm³/mol. The number of nitrogens with zero attached hydrogens (tertiary/aromatic N) is 3. The minimum atomic E-state index is 0.379. The minimum Gasteiger partial charge on any atom is -0.385 e. The van der Waals surface area contributed by atoms with Crippen molar-refractivity contribution in [2.75, 3.05) is 73.1 Å². The van der Waals surface area contributed by atoms with Crippen molar-refractivity contribution in [1.29, 1.82) is 0 Å². The van der Waals surface area contributed by atoms with Crippen LogP contribution in [0.4, 0.5) is 0 Å². The normalized spacial score (nSPS) is 22.7. The van der Waals surface area contributed by atoms with Gasteiger partial charge in [-0.2, -0.15) is 0 Å². The molecule has 0 radical (unpaired) electrons. The Balaban J connectivity index is 1.75. The molecule has 2 fully saturated rings. The van der Waals surface area contributed by atoms with E-state index in [9.17, 15) is 0 Å². The summed E-state index contributed by atoms with van der Waals surface area (Å²) in [6.45, 7) is 14.0. The van der Waals surface area contributed by atoms with Gasteiger partial charge in [-0.25, -0.2) is 0 Å². The molecule has 1 saturated heterocycles. The Labute approximate surface area is 160 Å². The molecule has 1 heterocycles. The van der Waals surface area contributed by atoms with Crippen molar-refractivity contribution >= 4 is 5.96 Å². The Hall–Kier alpha value is -0.850. The molecule has 0 aromatic carbocycles. The number of nitrogens with one attached hydrogen (secondary N) is 2. The lowest BCUT2D eigenvalue weighted by molar-refractivity contribution is 0.0778. The van der Waals surface area contributed by atoms with Crippen molar-refractivity contribution in [3.8, 4) is 0 Å². The van der Waals surface area contributed by atoms with Crippen molar-refractivity contribution in [2.45, 2.75) is 39.5 Å². The average Bonchev–Trinajstić information content (AvgIpc) is 2.60. The Bertz CT molecular complexity index is 416. The van der Waals surface area contributed by atoms with E-state index < -0.39 is 0 Å². The number of ether oxygens (including phenoxy) is 1. The first-order chi connectivity index (χ1) is 12.6. The van der Waals surface area contributed by atoms with Crippen LogP contribution in [0.2, 0.25) is 0 Å². The standard InChI is InChI=1S/C20H41N5O/c1-5-21-19(23-17-20(7-6-8-20)9-14-26-4)22-15-18(2)16-25-12-10-24(3)11-13-25/h18H,5-17H2,1-4H3,(H2,21,22,23). The van der Waals surface area contributed by atoms with Gasteiger partial charge < -0.3 is 25.2 Å². The molecule has 1 unspecified atom stereocenters. The van der Waals surface area contributed by atoms with Crippen LogP contribution in [0.15, 0.2) is 4.99 Å². The van der Waals surface area contributed by atoms with Crippen LogP contribution in [0.25, 0.3) is 0 Å². The first kappa shape index (κ1) is 21.5. The van der Waals surface area contributed by atoms with E-state index in [0.717, 1.165) is 45.2 Å². The zero-order valence-corrected chi connectivity index (χ0v) is 17.5. The first-order valence-corrected chi connectivity index (χ1v) is 10.5. The summed E-state index contributed by atoms with van der Waals surface area (Å²) in [4.78, 5) is 9.91. The van der Waals surface area contributed by atoms with Gasteiger partial charge >= 0.3 is 0 Å². The summed E-state index contributed by atoms with van der Waals surface area (Å²) in [5.41, 5.74) is 0.379. The lowest BCUT2D eigenvalue weighted by atomic mass is 9.67. The van der Waals surface area contributed by atoms with Crippen LogP contribution in [0.5, 0.6) is 0 Å². The van der Waals surface area contributed by atoms with E-state index in [4.69, 9.17) is 9.73 Å². The molecule has 2 rings (SSSR count). The maximum Gasteiger partial charge on any atom is 0.191 e. The second-order valence-corrected chi connectivity index (χ2v) is 8.38. The van der Waals surface area contributed by atoms with Crippen LogP contribution in [-0.2, 0) is 4.74 Å². The van der Waals surface area contributed by atoms with Gasteiger partial charge in [0, 0.05) is 66.1 Å². The summed E-state index contributed by atoms with van der Waals surface area (Å²) in [6.07, 6.45) is 5.05. The molecule has 0 bridgehead atoms. The van der Waals surface area contributed by atoms with Gasteiger partial charge in [0.15, 0.2) is 5.96 Å². The summed E-state index contributed by atoms with van der Waals surface area (Å²) in [5.74, 6) is 1.59. The molecule has 152 valence electrons. The SMILES string of the molecule is CCNC(=NCC1(CCOC)CCC1)NCC(C)CN1CCN(C)CC1. The molecule has 0 amide bonds. The molecule has 2 aliphatic rings. The smallest absolute Gasteiger partial charge is 0.191 e. The topological polar surface area (TPSA) is 52.1 Å². The second kappa shape index (κ2) is 11.1. The Morgan fingerprint density at radius 3 is 2.50 bits per heavy atom. The predicted octanol–water partition coefficient (Wildman–Crippen LogP) is 1.63. The Morgan fingerprint density at radius 2 is 1.92 bits per heavy atom. The number of rotatable bonds is 10. The number of guanidine groups is 1. The zero-order valence-electron chi connectivity index (χ0n) is 17.5. The monoisotopic (exact) mass is 367 g/mol. The van der Waals surface area contributed by atoms with Crippen LogP contribution in [-0.4, -0.2) is 88.9 Å². The summed E-state index contributed by atoms with van der Waals surface area (Å²) >= 11 is 0. The van der Waals surface area contributed by atoms with E-state index in [0.29, 0.717) is 11.3 Å². The summed E-state index contributed by atoms with van der Waals surface area (Å²) in [7, 11) is 4.01. The third kappa shape index (κ3) is 7.05. The highest BCUT2D eigenvalue weighted by Gasteiger charge is 2.36. The van der Waals surface area contributed by atoms with Gasteiger partial charge in [-0.15, -0.1) is 0 Å².